The maximum Gasteiger partial charge on any atom is 0.270 e. The van der Waals surface area contributed by atoms with Crippen molar-refractivity contribution < 1.29 is 12.8 Å². The molecule has 0 atom stereocenters. The third-order valence-electron chi connectivity index (χ3n) is 5.24. The van der Waals surface area contributed by atoms with Crippen molar-refractivity contribution in [3.63, 3.8) is 0 Å². The molecular formula is C20H22ClN3O3S2. The average Bonchev–Trinajstić information content (AvgIpc) is 2.98. The monoisotopic (exact) mass is 451 g/mol. The number of fused-ring (bicyclic) bond motifs is 1. The van der Waals surface area contributed by atoms with Gasteiger partial charge in [-0.2, -0.15) is 0 Å². The number of sulfonamides is 1. The van der Waals surface area contributed by atoms with Crippen LogP contribution in [0.5, 0.6) is 0 Å². The van der Waals surface area contributed by atoms with Gasteiger partial charge in [-0.1, -0.05) is 24.6 Å². The number of rotatable bonds is 5. The van der Waals surface area contributed by atoms with E-state index >= 15 is 0 Å². The predicted molar refractivity (Wildman–Crippen MR) is 117 cm³/mol. The van der Waals surface area contributed by atoms with Crippen LogP contribution in [0, 0.1) is 10.8 Å². The number of anilines is 1. The first-order valence-electron chi connectivity index (χ1n) is 9.46. The zero-order valence-electron chi connectivity index (χ0n) is 16.0. The lowest BCUT2D eigenvalue weighted by molar-refractivity contribution is 0.153. The molecule has 1 fully saturated rings. The summed E-state index contributed by atoms with van der Waals surface area (Å²) in [4.78, 5) is 2.80. The first-order chi connectivity index (χ1) is 13.8. The standard InChI is InChI=1S/C20H22ClN3O3S2/c1-14-7-9-23(10-8-14)13-24-18-12-17(5-6-19(18)27-20(24)28)29(25,26)22-16-4-2-3-15(21)11-16/h2-6,11-12,14,22H,7-10,13H2,1H3. The molecule has 1 aromatic heterocycles. The van der Waals surface area contributed by atoms with Crippen LogP contribution in [0.15, 0.2) is 51.8 Å². The molecule has 6 nitrogen and oxygen atoms in total. The molecule has 0 unspecified atom stereocenters. The normalized spacial score (nSPS) is 16.3. The van der Waals surface area contributed by atoms with Crippen LogP contribution in [-0.2, 0) is 16.7 Å². The molecule has 29 heavy (non-hydrogen) atoms. The minimum atomic E-state index is -3.78. The summed E-state index contributed by atoms with van der Waals surface area (Å²) in [6.45, 7) is 4.83. The number of hydrogen-bond donors (Lipinski definition) is 1. The minimum Gasteiger partial charge on any atom is -0.429 e. The molecule has 4 rings (SSSR count). The third-order valence-corrected chi connectivity index (χ3v) is 7.16. The Morgan fingerprint density at radius 2 is 1.97 bits per heavy atom. The Morgan fingerprint density at radius 3 is 2.69 bits per heavy atom. The van der Waals surface area contributed by atoms with Gasteiger partial charge in [0.2, 0.25) is 0 Å². The van der Waals surface area contributed by atoms with Crippen molar-refractivity contribution >= 4 is 50.6 Å². The fourth-order valence-corrected chi connectivity index (χ4v) is 5.02. The quantitative estimate of drug-likeness (QED) is 0.546. The molecule has 0 radical (unpaired) electrons. The van der Waals surface area contributed by atoms with Gasteiger partial charge in [-0.15, -0.1) is 0 Å². The van der Waals surface area contributed by atoms with Crippen molar-refractivity contribution in [1.82, 2.24) is 9.47 Å². The molecule has 0 bridgehead atoms. The summed E-state index contributed by atoms with van der Waals surface area (Å²) in [5.74, 6) is 0.731. The smallest absolute Gasteiger partial charge is 0.270 e. The van der Waals surface area contributed by atoms with Gasteiger partial charge in [0, 0.05) is 18.1 Å². The first-order valence-corrected chi connectivity index (χ1v) is 11.7. The van der Waals surface area contributed by atoms with Crippen LogP contribution in [0.1, 0.15) is 19.8 Å². The van der Waals surface area contributed by atoms with Gasteiger partial charge in [-0.3, -0.25) is 14.2 Å². The summed E-state index contributed by atoms with van der Waals surface area (Å²) in [7, 11) is -3.78. The zero-order valence-corrected chi connectivity index (χ0v) is 18.4. The number of nitrogens with zero attached hydrogens (tertiary/aromatic N) is 2. The summed E-state index contributed by atoms with van der Waals surface area (Å²) < 4.78 is 35.8. The zero-order chi connectivity index (χ0) is 20.6. The maximum atomic E-state index is 12.9. The molecule has 0 amide bonds. The summed E-state index contributed by atoms with van der Waals surface area (Å²) >= 11 is 11.3. The molecule has 0 saturated carbocycles. The van der Waals surface area contributed by atoms with Crippen molar-refractivity contribution in [1.29, 1.82) is 0 Å². The SMILES string of the molecule is CC1CCN(Cn2c(=S)oc3ccc(S(=O)(=O)Nc4cccc(Cl)c4)cc32)CC1. The molecule has 0 aliphatic carbocycles. The highest BCUT2D eigenvalue weighted by Crippen LogP contribution is 2.25. The van der Waals surface area contributed by atoms with Crippen molar-refractivity contribution in [3.8, 4) is 0 Å². The van der Waals surface area contributed by atoms with Crippen molar-refractivity contribution in [3.05, 3.63) is 52.3 Å². The second kappa shape index (κ2) is 8.10. The van der Waals surface area contributed by atoms with E-state index in [1.807, 2.05) is 4.57 Å². The maximum absolute atomic E-state index is 12.9. The van der Waals surface area contributed by atoms with E-state index in [1.165, 1.54) is 6.07 Å². The van der Waals surface area contributed by atoms with Crippen molar-refractivity contribution in [2.24, 2.45) is 5.92 Å². The number of oxazole rings is 1. The molecule has 2 heterocycles. The van der Waals surface area contributed by atoms with E-state index in [2.05, 4.69) is 16.5 Å². The van der Waals surface area contributed by atoms with E-state index < -0.39 is 10.0 Å². The van der Waals surface area contributed by atoms with Crippen LogP contribution in [-0.4, -0.2) is 31.0 Å². The van der Waals surface area contributed by atoms with Gasteiger partial charge in [-0.25, -0.2) is 8.42 Å². The van der Waals surface area contributed by atoms with Gasteiger partial charge < -0.3 is 4.42 Å². The minimum absolute atomic E-state index is 0.141. The van der Waals surface area contributed by atoms with Crippen LogP contribution in [0.3, 0.4) is 0 Å². The second-order valence-corrected chi connectivity index (χ2v) is 9.95. The Kier molecular flexibility index (Phi) is 5.70. The van der Waals surface area contributed by atoms with Gasteiger partial charge in [0.15, 0.2) is 5.58 Å². The van der Waals surface area contributed by atoms with Crippen molar-refractivity contribution in [2.75, 3.05) is 17.8 Å². The molecule has 2 aromatic carbocycles. The molecule has 1 aliphatic heterocycles. The lowest BCUT2D eigenvalue weighted by Crippen LogP contribution is -2.34. The fourth-order valence-electron chi connectivity index (χ4n) is 3.51. The number of aromatic nitrogens is 1. The van der Waals surface area contributed by atoms with E-state index in [9.17, 15) is 8.42 Å². The average molecular weight is 452 g/mol. The Morgan fingerprint density at radius 1 is 1.21 bits per heavy atom. The Hall–Kier alpha value is -1.87. The van der Waals surface area contributed by atoms with Crippen LogP contribution in [0.25, 0.3) is 11.1 Å². The number of likely N-dealkylation sites (tertiary alicyclic amines) is 1. The Labute approximate surface area is 180 Å². The highest BCUT2D eigenvalue weighted by Gasteiger charge is 2.20. The van der Waals surface area contributed by atoms with Crippen LogP contribution in [0.2, 0.25) is 5.02 Å². The second-order valence-electron chi connectivity index (χ2n) is 7.48. The Balaban J connectivity index is 1.65. The molecule has 1 saturated heterocycles. The topological polar surface area (TPSA) is 67.5 Å². The Bertz CT molecular complexity index is 1200. The molecule has 1 N–H and O–H groups in total. The largest absolute Gasteiger partial charge is 0.429 e. The van der Waals surface area contributed by atoms with Gasteiger partial charge in [0.25, 0.3) is 14.9 Å². The fraction of sp³-hybridized carbons (Fsp3) is 0.350. The molecule has 1 aliphatic rings. The summed E-state index contributed by atoms with van der Waals surface area (Å²) in [5, 5.41) is 0.458. The predicted octanol–water partition coefficient (Wildman–Crippen LogP) is 5.11. The number of hydrogen-bond acceptors (Lipinski definition) is 5. The molecule has 9 heteroatoms. The summed E-state index contributed by atoms with van der Waals surface area (Å²) in [6, 6.07) is 11.4. The number of benzene rings is 2. The lowest BCUT2D eigenvalue weighted by Gasteiger charge is -2.30. The van der Waals surface area contributed by atoms with Crippen LogP contribution >= 0.6 is 23.8 Å². The lowest BCUT2D eigenvalue weighted by atomic mass is 10.00. The van der Waals surface area contributed by atoms with Gasteiger partial charge in [0.1, 0.15) is 0 Å². The van der Waals surface area contributed by atoms with Gasteiger partial charge in [-0.05, 0) is 67.4 Å². The molecule has 0 spiro atoms. The van der Waals surface area contributed by atoms with Crippen LogP contribution in [0.4, 0.5) is 5.69 Å². The van der Waals surface area contributed by atoms with E-state index in [4.69, 9.17) is 28.2 Å². The van der Waals surface area contributed by atoms with Gasteiger partial charge in [0.05, 0.1) is 22.8 Å². The molecule has 3 aromatic rings. The number of piperidine rings is 1. The number of halogens is 1. The molecular weight excluding hydrogens is 430 g/mol. The van der Waals surface area contributed by atoms with Gasteiger partial charge >= 0.3 is 0 Å². The van der Waals surface area contributed by atoms with Crippen molar-refractivity contribution in [2.45, 2.75) is 31.3 Å². The van der Waals surface area contributed by atoms with E-state index in [0.717, 1.165) is 31.8 Å². The van der Waals surface area contributed by atoms with Crippen LogP contribution < -0.4 is 4.72 Å². The number of nitrogens with one attached hydrogen (secondary N) is 1. The highest BCUT2D eigenvalue weighted by molar-refractivity contribution is 7.92. The summed E-state index contributed by atoms with van der Waals surface area (Å²) in [6.07, 6.45) is 2.29. The van der Waals surface area contributed by atoms with E-state index in [0.29, 0.717) is 33.3 Å². The highest BCUT2D eigenvalue weighted by atomic mass is 35.5. The molecule has 154 valence electrons. The van der Waals surface area contributed by atoms with E-state index in [1.54, 1.807) is 36.4 Å². The summed E-state index contributed by atoms with van der Waals surface area (Å²) in [5.41, 5.74) is 1.65. The first kappa shape index (κ1) is 20.4. The van der Waals surface area contributed by atoms with E-state index in [-0.39, 0.29) is 4.90 Å². The third kappa shape index (κ3) is 4.50.